The number of nitrogens with zero attached hydrogens (tertiary/aromatic N) is 3. The van der Waals surface area contributed by atoms with Crippen molar-refractivity contribution in [2.24, 2.45) is 0 Å². The Balaban J connectivity index is 1.38. The molecular formula is C24H25FN4O4. The summed E-state index contributed by atoms with van der Waals surface area (Å²) in [6.45, 7) is 2.34. The monoisotopic (exact) mass is 452 g/mol. The Bertz CT molecular complexity index is 1170. The van der Waals surface area contributed by atoms with Gasteiger partial charge in [-0.2, -0.15) is 0 Å². The molecule has 8 nitrogen and oxygen atoms in total. The van der Waals surface area contributed by atoms with E-state index in [0.717, 1.165) is 0 Å². The number of aromatic nitrogens is 2. The molecule has 2 aliphatic rings. The Morgan fingerprint density at radius 3 is 2.79 bits per heavy atom. The number of fused-ring (bicyclic) bond motifs is 1. The number of amides is 1. The number of carbonyl (C=O) groups is 1. The molecule has 3 heterocycles. The predicted molar refractivity (Wildman–Crippen MR) is 121 cm³/mol. The number of hydrogen-bond donors (Lipinski definition) is 2. The highest BCUT2D eigenvalue weighted by Crippen LogP contribution is 2.33. The summed E-state index contributed by atoms with van der Waals surface area (Å²) in [5.41, 5.74) is 1.08. The van der Waals surface area contributed by atoms with Gasteiger partial charge in [-0.05, 0) is 36.8 Å². The minimum atomic E-state index is -0.428. The molecular weight excluding hydrogens is 427 g/mol. The second-order valence-corrected chi connectivity index (χ2v) is 8.34. The number of halogens is 1. The standard InChI is InChI=1S/C24H25FN4O4/c25-15-5-6-20-19(13-15)23(28-22(27-20)18-3-1-2-4-21(18)30)29-10-7-16(14-29)26-24(31)33-17-8-11-32-12-9-17/h1-6,13,16-17,30H,7-12,14H2,(H,26,31)/t16-/m0/s1. The van der Waals surface area contributed by atoms with Crippen molar-refractivity contribution >= 4 is 22.8 Å². The van der Waals surface area contributed by atoms with Gasteiger partial charge < -0.3 is 24.8 Å². The first-order valence-corrected chi connectivity index (χ1v) is 11.1. The molecule has 5 rings (SSSR count). The van der Waals surface area contributed by atoms with Crippen molar-refractivity contribution in [2.75, 3.05) is 31.2 Å². The number of ether oxygens (including phenoxy) is 2. The van der Waals surface area contributed by atoms with Gasteiger partial charge >= 0.3 is 6.09 Å². The minimum Gasteiger partial charge on any atom is -0.507 e. The van der Waals surface area contributed by atoms with E-state index in [0.29, 0.717) is 73.7 Å². The van der Waals surface area contributed by atoms with E-state index in [9.17, 15) is 14.3 Å². The quantitative estimate of drug-likeness (QED) is 0.624. The molecule has 9 heteroatoms. The molecule has 0 saturated carbocycles. The van der Waals surface area contributed by atoms with Crippen LogP contribution in [0.1, 0.15) is 19.3 Å². The Hall–Kier alpha value is -3.46. The van der Waals surface area contributed by atoms with E-state index < -0.39 is 6.09 Å². The van der Waals surface area contributed by atoms with E-state index in [4.69, 9.17) is 14.5 Å². The summed E-state index contributed by atoms with van der Waals surface area (Å²) in [7, 11) is 0. The number of benzene rings is 2. The van der Waals surface area contributed by atoms with E-state index in [2.05, 4.69) is 10.3 Å². The van der Waals surface area contributed by atoms with Gasteiger partial charge in [-0.3, -0.25) is 0 Å². The van der Waals surface area contributed by atoms with Gasteiger partial charge in [0.2, 0.25) is 0 Å². The van der Waals surface area contributed by atoms with Crippen LogP contribution in [0.15, 0.2) is 42.5 Å². The highest BCUT2D eigenvalue weighted by Gasteiger charge is 2.28. The average Bonchev–Trinajstić information content (AvgIpc) is 3.27. The van der Waals surface area contributed by atoms with Gasteiger partial charge in [0.25, 0.3) is 0 Å². The molecule has 172 valence electrons. The average molecular weight is 452 g/mol. The topological polar surface area (TPSA) is 96.8 Å². The van der Waals surface area contributed by atoms with Crippen molar-refractivity contribution in [3.05, 3.63) is 48.3 Å². The van der Waals surface area contributed by atoms with Crippen molar-refractivity contribution < 1.29 is 23.8 Å². The van der Waals surface area contributed by atoms with Crippen molar-refractivity contribution in [1.82, 2.24) is 15.3 Å². The molecule has 0 bridgehead atoms. The summed E-state index contributed by atoms with van der Waals surface area (Å²) >= 11 is 0. The summed E-state index contributed by atoms with van der Waals surface area (Å²) in [6.07, 6.45) is 1.57. The van der Waals surface area contributed by atoms with Gasteiger partial charge in [-0.1, -0.05) is 12.1 Å². The fraction of sp³-hybridized carbons (Fsp3) is 0.375. The second kappa shape index (κ2) is 9.19. The van der Waals surface area contributed by atoms with E-state index in [1.807, 2.05) is 4.90 Å². The number of carbonyl (C=O) groups excluding carboxylic acids is 1. The molecule has 2 saturated heterocycles. The number of anilines is 1. The van der Waals surface area contributed by atoms with Crippen LogP contribution in [0.5, 0.6) is 5.75 Å². The Labute approximate surface area is 190 Å². The molecule has 2 fully saturated rings. The van der Waals surface area contributed by atoms with Gasteiger partial charge in [0.05, 0.1) is 30.3 Å². The number of rotatable bonds is 4. The summed E-state index contributed by atoms with van der Waals surface area (Å²) in [4.78, 5) is 23.6. The lowest BCUT2D eigenvalue weighted by Gasteiger charge is -2.24. The Kier molecular flexibility index (Phi) is 5.95. The number of hydrogen-bond acceptors (Lipinski definition) is 7. The van der Waals surface area contributed by atoms with Crippen LogP contribution in [0.25, 0.3) is 22.3 Å². The molecule has 2 aliphatic heterocycles. The summed E-state index contributed by atoms with van der Waals surface area (Å²) < 4.78 is 24.9. The molecule has 3 aromatic rings. The molecule has 2 N–H and O–H groups in total. The first-order valence-electron chi connectivity index (χ1n) is 11.1. The predicted octanol–water partition coefficient (Wildman–Crippen LogP) is 3.63. The second-order valence-electron chi connectivity index (χ2n) is 8.34. The smallest absolute Gasteiger partial charge is 0.407 e. The molecule has 0 aliphatic carbocycles. The van der Waals surface area contributed by atoms with E-state index in [1.165, 1.54) is 12.1 Å². The lowest BCUT2D eigenvalue weighted by molar-refractivity contribution is 0.000987. The van der Waals surface area contributed by atoms with E-state index in [-0.39, 0.29) is 23.7 Å². The minimum absolute atomic E-state index is 0.0711. The maximum Gasteiger partial charge on any atom is 0.407 e. The zero-order chi connectivity index (χ0) is 22.8. The summed E-state index contributed by atoms with van der Waals surface area (Å²) in [5.74, 6) is 0.621. The van der Waals surface area contributed by atoms with Gasteiger partial charge in [0.1, 0.15) is 23.5 Å². The van der Waals surface area contributed by atoms with Crippen molar-refractivity contribution in [3.63, 3.8) is 0 Å². The van der Waals surface area contributed by atoms with Crippen LogP contribution in [0.2, 0.25) is 0 Å². The molecule has 1 atom stereocenters. The first kappa shape index (κ1) is 21.4. The fourth-order valence-electron chi connectivity index (χ4n) is 4.33. The zero-order valence-electron chi connectivity index (χ0n) is 18.0. The van der Waals surface area contributed by atoms with Gasteiger partial charge in [0, 0.05) is 31.3 Å². The van der Waals surface area contributed by atoms with Crippen LogP contribution in [-0.2, 0) is 9.47 Å². The highest BCUT2D eigenvalue weighted by atomic mass is 19.1. The normalized spacial score (nSPS) is 19.1. The Morgan fingerprint density at radius 1 is 1.15 bits per heavy atom. The number of para-hydroxylation sites is 1. The molecule has 0 radical (unpaired) electrons. The van der Waals surface area contributed by atoms with Crippen molar-refractivity contribution in [3.8, 4) is 17.1 Å². The lowest BCUT2D eigenvalue weighted by atomic mass is 10.1. The van der Waals surface area contributed by atoms with Crippen molar-refractivity contribution in [1.29, 1.82) is 0 Å². The van der Waals surface area contributed by atoms with Crippen LogP contribution in [0.4, 0.5) is 15.0 Å². The number of alkyl carbamates (subject to hydrolysis) is 1. The van der Waals surface area contributed by atoms with Crippen molar-refractivity contribution in [2.45, 2.75) is 31.4 Å². The summed E-state index contributed by atoms with van der Waals surface area (Å²) in [6, 6.07) is 11.1. The third-order valence-corrected chi connectivity index (χ3v) is 6.03. The third kappa shape index (κ3) is 4.68. The summed E-state index contributed by atoms with van der Waals surface area (Å²) in [5, 5.41) is 13.8. The molecule has 0 spiro atoms. The molecule has 1 amide bonds. The van der Waals surface area contributed by atoms with Gasteiger partial charge in [0.15, 0.2) is 5.82 Å². The van der Waals surface area contributed by atoms with E-state index in [1.54, 1.807) is 30.3 Å². The number of phenols is 1. The number of phenolic OH excluding ortho intramolecular Hbond substituents is 1. The van der Waals surface area contributed by atoms with Crippen LogP contribution >= 0.6 is 0 Å². The lowest BCUT2D eigenvalue weighted by Crippen LogP contribution is -2.40. The first-order chi connectivity index (χ1) is 16.1. The zero-order valence-corrected chi connectivity index (χ0v) is 18.0. The fourth-order valence-corrected chi connectivity index (χ4v) is 4.33. The molecule has 0 unspecified atom stereocenters. The maximum absolute atomic E-state index is 14.1. The van der Waals surface area contributed by atoms with Crippen LogP contribution in [0, 0.1) is 5.82 Å². The van der Waals surface area contributed by atoms with E-state index >= 15 is 0 Å². The largest absolute Gasteiger partial charge is 0.507 e. The highest BCUT2D eigenvalue weighted by molar-refractivity contribution is 5.91. The van der Waals surface area contributed by atoms with Crippen LogP contribution in [0.3, 0.4) is 0 Å². The SMILES string of the molecule is O=C(N[C@H]1CCN(c2nc(-c3ccccc3O)nc3ccc(F)cc23)C1)OC1CCOCC1. The van der Waals surface area contributed by atoms with Gasteiger partial charge in [-0.25, -0.2) is 19.2 Å². The number of nitrogens with one attached hydrogen (secondary N) is 1. The van der Waals surface area contributed by atoms with Crippen LogP contribution < -0.4 is 10.2 Å². The number of aromatic hydroxyl groups is 1. The van der Waals surface area contributed by atoms with Crippen LogP contribution in [-0.4, -0.2) is 59.6 Å². The molecule has 2 aromatic carbocycles. The third-order valence-electron chi connectivity index (χ3n) is 6.03. The maximum atomic E-state index is 14.1. The van der Waals surface area contributed by atoms with Gasteiger partial charge in [-0.15, -0.1) is 0 Å². The Morgan fingerprint density at radius 2 is 1.97 bits per heavy atom. The molecule has 33 heavy (non-hydrogen) atoms. The molecule has 1 aromatic heterocycles.